The van der Waals surface area contributed by atoms with Crippen molar-refractivity contribution >= 4 is 5.91 Å². The van der Waals surface area contributed by atoms with Gasteiger partial charge in [-0.15, -0.1) is 0 Å². The van der Waals surface area contributed by atoms with Gasteiger partial charge in [-0.05, 0) is 57.4 Å². The maximum Gasteiger partial charge on any atom is 0.226 e. The molecule has 3 aliphatic rings. The summed E-state index contributed by atoms with van der Waals surface area (Å²) in [6.07, 6.45) is 10.1. The number of rotatable bonds is 3. The Morgan fingerprint density at radius 1 is 1.00 bits per heavy atom. The van der Waals surface area contributed by atoms with Crippen LogP contribution in [0.25, 0.3) is 0 Å². The maximum atomic E-state index is 12.6. The Kier molecular flexibility index (Phi) is 3.84. The van der Waals surface area contributed by atoms with Gasteiger partial charge in [-0.3, -0.25) is 4.79 Å². The molecule has 3 saturated carbocycles. The first kappa shape index (κ1) is 13.4. The van der Waals surface area contributed by atoms with Gasteiger partial charge in [0.1, 0.15) is 0 Å². The van der Waals surface area contributed by atoms with E-state index < -0.39 is 0 Å². The van der Waals surface area contributed by atoms with E-state index in [4.69, 9.17) is 0 Å². The first-order valence-corrected chi connectivity index (χ1v) is 8.16. The summed E-state index contributed by atoms with van der Waals surface area (Å²) >= 11 is 0. The minimum atomic E-state index is 0.398. The highest BCUT2D eigenvalue weighted by atomic mass is 16.2. The molecule has 0 aliphatic heterocycles. The fraction of sp³-hybridized carbons (Fsp3) is 0.938. The SMILES string of the molecule is CNC1CCC(N(C)C(=O)C2C3CCCCC32)CC1. The molecular formula is C16H28N2O. The Hall–Kier alpha value is -0.570. The smallest absolute Gasteiger partial charge is 0.226 e. The summed E-state index contributed by atoms with van der Waals surface area (Å²) in [4.78, 5) is 14.7. The van der Waals surface area contributed by atoms with Gasteiger partial charge in [-0.25, -0.2) is 0 Å². The molecule has 3 fully saturated rings. The number of carbonyl (C=O) groups is 1. The molecule has 0 heterocycles. The molecule has 1 N–H and O–H groups in total. The van der Waals surface area contributed by atoms with E-state index in [1.165, 1.54) is 51.4 Å². The topological polar surface area (TPSA) is 32.3 Å². The second kappa shape index (κ2) is 5.43. The zero-order valence-electron chi connectivity index (χ0n) is 12.4. The van der Waals surface area contributed by atoms with Crippen molar-refractivity contribution in [2.45, 2.75) is 63.5 Å². The molecular weight excluding hydrogens is 236 g/mol. The fourth-order valence-electron chi connectivity index (χ4n) is 4.53. The molecule has 3 nitrogen and oxygen atoms in total. The van der Waals surface area contributed by atoms with Gasteiger partial charge in [0.25, 0.3) is 0 Å². The summed E-state index contributed by atoms with van der Waals surface area (Å²) in [7, 11) is 4.10. The van der Waals surface area contributed by atoms with Crippen molar-refractivity contribution < 1.29 is 4.79 Å². The number of fused-ring (bicyclic) bond motifs is 1. The Balaban J connectivity index is 1.53. The van der Waals surface area contributed by atoms with Crippen molar-refractivity contribution in [3.63, 3.8) is 0 Å². The molecule has 3 aliphatic carbocycles. The maximum absolute atomic E-state index is 12.6. The highest BCUT2D eigenvalue weighted by Crippen LogP contribution is 2.56. The van der Waals surface area contributed by atoms with Gasteiger partial charge in [-0.2, -0.15) is 0 Å². The lowest BCUT2D eigenvalue weighted by atomic mass is 9.90. The molecule has 1 amide bonds. The predicted octanol–water partition coefficient (Wildman–Crippen LogP) is 2.41. The molecule has 0 spiro atoms. The molecule has 2 unspecified atom stereocenters. The lowest BCUT2D eigenvalue weighted by Crippen LogP contribution is -2.43. The van der Waals surface area contributed by atoms with Crippen molar-refractivity contribution in [3.8, 4) is 0 Å². The average molecular weight is 264 g/mol. The molecule has 2 atom stereocenters. The lowest BCUT2D eigenvalue weighted by molar-refractivity contribution is -0.134. The van der Waals surface area contributed by atoms with Crippen LogP contribution in [0.4, 0.5) is 0 Å². The average Bonchev–Trinajstić information content (AvgIpc) is 3.20. The number of amides is 1. The summed E-state index contributed by atoms with van der Waals surface area (Å²) in [5, 5.41) is 3.36. The van der Waals surface area contributed by atoms with Crippen LogP contribution in [-0.2, 0) is 4.79 Å². The minimum absolute atomic E-state index is 0.398. The van der Waals surface area contributed by atoms with Gasteiger partial charge in [0.05, 0.1) is 0 Å². The van der Waals surface area contributed by atoms with Gasteiger partial charge in [0.2, 0.25) is 5.91 Å². The molecule has 3 rings (SSSR count). The van der Waals surface area contributed by atoms with Crippen LogP contribution in [0, 0.1) is 17.8 Å². The van der Waals surface area contributed by atoms with E-state index in [1.807, 2.05) is 0 Å². The monoisotopic (exact) mass is 264 g/mol. The van der Waals surface area contributed by atoms with Gasteiger partial charge >= 0.3 is 0 Å². The second-order valence-corrected chi connectivity index (χ2v) is 6.88. The van der Waals surface area contributed by atoms with Crippen molar-refractivity contribution in [3.05, 3.63) is 0 Å². The molecule has 3 heteroatoms. The summed E-state index contributed by atoms with van der Waals surface area (Å²) in [5.41, 5.74) is 0. The number of carbonyl (C=O) groups excluding carboxylic acids is 1. The summed E-state index contributed by atoms with van der Waals surface area (Å²) in [6, 6.07) is 1.17. The van der Waals surface area contributed by atoms with E-state index in [9.17, 15) is 4.79 Å². The normalized spacial score (nSPS) is 41.5. The van der Waals surface area contributed by atoms with Crippen LogP contribution in [0.1, 0.15) is 51.4 Å². The minimum Gasteiger partial charge on any atom is -0.343 e. The van der Waals surface area contributed by atoms with Crippen molar-refractivity contribution in [1.29, 1.82) is 0 Å². The third-order valence-electron chi connectivity index (χ3n) is 5.94. The fourth-order valence-corrected chi connectivity index (χ4v) is 4.53. The zero-order chi connectivity index (χ0) is 13.4. The Morgan fingerprint density at radius 3 is 2.11 bits per heavy atom. The highest BCUT2D eigenvalue weighted by Gasteiger charge is 2.55. The third kappa shape index (κ3) is 2.54. The standard InChI is InChI=1S/C16H28N2O/c1-17-11-7-9-12(10-8-11)18(2)16(19)15-13-5-3-4-6-14(13)15/h11-15,17H,3-10H2,1-2H3. The number of nitrogens with zero attached hydrogens (tertiary/aromatic N) is 1. The molecule has 0 aromatic carbocycles. The van der Waals surface area contributed by atoms with Crippen LogP contribution in [0.3, 0.4) is 0 Å². The summed E-state index contributed by atoms with van der Waals surface area (Å²) < 4.78 is 0. The molecule has 0 radical (unpaired) electrons. The zero-order valence-corrected chi connectivity index (χ0v) is 12.4. The van der Waals surface area contributed by atoms with Gasteiger partial charge in [0.15, 0.2) is 0 Å². The molecule has 19 heavy (non-hydrogen) atoms. The van der Waals surface area contributed by atoms with E-state index in [1.54, 1.807) is 0 Å². The summed E-state index contributed by atoms with van der Waals surface area (Å²) in [6.45, 7) is 0. The Bertz CT molecular complexity index is 324. The van der Waals surface area contributed by atoms with Gasteiger partial charge < -0.3 is 10.2 Å². The van der Waals surface area contributed by atoms with Crippen LogP contribution in [0.2, 0.25) is 0 Å². The third-order valence-corrected chi connectivity index (χ3v) is 5.94. The summed E-state index contributed by atoms with van der Waals surface area (Å²) in [5.74, 6) is 2.36. The van der Waals surface area contributed by atoms with E-state index in [2.05, 4.69) is 24.3 Å². The highest BCUT2D eigenvalue weighted by molar-refractivity contribution is 5.82. The first-order chi connectivity index (χ1) is 9.22. The molecule has 0 aromatic heterocycles. The molecule has 108 valence electrons. The van der Waals surface area contributed by atoms with Crippen LogP contribution in [-0.4, -0.2) is 37.0 Å². The van der Waals surface area contributed by atoms with Crippen LogP contribution >= 0.6 is 0 Å². The quantitative estimate of drug-likeness (QED) is 0.849. The van der Waals surface area contributed by atoms with Crippen LogP contribution in [0.5, 0.6) is 0 Å². The van der Waals surface area contributed by atoms with E-state index in [0.717, 1.165) is 11.8 Å². The molecule has 0 saturated heterocycles. The largest absolute Gasteiger partial charge is 0.343 e. The predicted molar refractivity (Wildman–Crippen MR) is 76.8 cm³/mol. The Morgan fingerprint density at radius 2 is 1.58 bits per heavy atom. The van der Waals surface area contributed by atoms with Crippen LogP contribution < -0.4 is 5.32 Å². The lowest BCUT2D eigenvalue weighted by Gasteiger charge is -2.35. The van der Waals surface area contributed by atoms with Gasteiger partial charge in [0, 0.05) is 25.0 Å². The number of hydrogen-bond donors (Lipinski definition) is 1. The Labute approximate surface area is 117 Å². The van der Waals surface area contributed by atoms with Crippen LogP contribution in [0.15, 0.2) is 0 Å². The molecule has 0 bridgehead atoms. The first-order valence-electron chi connectivity index (χ1n) is 8.16. The van der Waals surface area contributed by atoms with E-state index in [0.29, 0.717) is 23.9 Å². The van der Waals surface area contributed by atoms with E-state index >= 15 is 0 Å². The second-order valence-electron chi connectivity index (χ2n) is 6.88. The van der Waals surface area contributed by atoms with Gasteiger partial charge in [-0.1, -0.05) is 12.8 Å². The van der Waals surface area contributed by atoms with Crippen molar-refractivity contribution in [2.24, 2.45) is 17.8 Å². The van der Waals surface area contributed by atoms with E-state index in [-0.39, 0.29) is 0 Å². The number of hydrogen-bond acceptors (Lipinski definition) is 2. The number of nitrogens with one attached hydrogen (secondary N) is 1. The van der Waals surface area contributed by atoms with Crippen molar-refractivity contribution in [1.82, 2.24) is 10.2 Å². The molecule has 0 aromatic rings. The van der Waals surface area contributed by atoms with Crippen molar-refractivity contribution in [2.75, 3.05) is 14.1 Å².